The van der Waals surface area contributed by atoms with Gasteiger partial charge in [0.25, 0.3) is 0 Å². The number of piperazine rings is 1. The van der Waals surface area contributed by atoms with Crippen molar-refractivity contribution in [2.45, 2.75) is 26.2 Å². The van der Waals surface area contributed by atoms with Gasteiger partial charge in [-0.3, -0.25) is 14.5 Å². The lowest BCUT2D eigenvalue weighted by atomic mass is 10.0. The van der Waals surface area contributed by atoms with Gasteiger partial charge in [-0.1, -0.05) is 6.92 Å². The molecule has 1 heterocycles. The van der Waals surface area contributed by atoms with Crippen LogP contribution in [0.1, 0.15) is 26.2 Å². The molecule has 1 N–H and O–H groups in total. The summed E-state index contributed by atoms with van der Waals surface area (Å²) in [6.07, 6.45) is 2.59. The zero-order valence-electron chi connectivity index (χ0n) is 11.0. The molecule has 5 heteroatoms. The molecule has 1 amide bonds. The lowest BCUT2D eigenvalue weighted by Crippen LogP contribution is -2.50. The maximum atomic E-state index is 12.2. The first kappa shape index (κ1) is 13.3. The molecule has 0 spiro atoms. The molecule has 102 valence electrons. The van der Waals surface area contributed by atoms with Gasteiger partial charge in [0.15, 0.2) is 0 Å². The molecular formula is C13H22N2O3. The Kier molecular flexibility index (Phi) is 4.22. The Morgan fingerprint density at radius 1 is 1.22 bits per heavy atom. The fourth-order valence-electron chi connectivity index (χ4n) is 2.53. The summed E-state index contributed by atoms with van der Waals surface area (Å²) in [6.45, 7) is 5.73. The van der Waals surface area contributed by atoms with Gasteiger partial charge in [-0.2, -0.15) is 0 Å². The van der Waals surface area contributed by atoms with Crippen molar-refractivity contribution >= 4 is 11.9 Å². The standard InChI is InChI=1S/C13H22N2O3/c1-10(11-2-3-11)13(18)15-8-6-14(7-9-15)5-4-12(16)17/h10-11H,2-9H2,1H3,(H,16,17). The van der Waals surface area contributed by atoms with E-state index < -0.39 is 5.97 Å². The average molecular weight is 254 g/mol. The van der Waals surface area contributed by atoms with Gasteiger partial charge < -0.3 is 10.0 Å². The van der Waals surface area contributed by atoms with Gasteiger partial charge in [0, 0.05) is 38.6 Å². The second kappa shape index (κ2) is 5.69. The third-order valence-corrected chi connectivity index (χ3v) is 4.04. The molecule has 0 aromatic rings. The summed E-state index contributed by atoms with van der Waals surface area (Å²) >= 11 is 0. The van der Waals surface area contributed by atoms with E-state index >= 15 is 0 Å². The van der Waals surface area contributed by atoms with E-state index in [9.17, 15) is 9.59 Å². The Balaban J connectivity index is 1.72. The van der Waals surface area contributed by atoms with E-state index in [1.165, 1.54) is 12.8 Å². The van der Waals surface area contributed by atoms with Crippen molar-refractivity contribution in [1.29, 1.82) is 0 Å². The van der Waals surface area contributed by atoms with Crippen LogP contribution in [0, 0.1) is 11.8 Å². The number of carboxylic acid groups (broad SMARTS) is 1. The molecule has 1 saturated heterocycles. The van der Waals surface area contributed by atoms with Crippen molar-refractivity contribution in [3.8, 4) is 0 Å². The van der Waals surface area contributed by atoms with Crippen LogP contribution in [0.15, 0.2) is 0 Å². The molecule has 0 bridgehead atoms. The summed E-state index contributed by atoms with van der Waals surface area (Å²) in [4.78, 5) is 26.7. The van der Waals surface area contributed by atoms with Gasteiger partial charge in [0.2, 0.25) is 5.91 Å². The Labute approximate surface area is 108 Å². The molecule has 0 aromatic carbocycles. The van der Waals surface area contributed by atoms with Crippen LogP contribution in [0.3, 0.4) is 0 Å². The van der Waals surface area contributed by atoms with Crippen molar-refractivity contribution in [1.82, 2.24) is 9.80 Å². The maximum absolute atomic E-state index is 12.2. The number of amides is 1. The third kappa shape index (κ3) is 3.45. The van der Waals surface area contributed by atoms with E-state index in [0.717, 1.165) is 26.2 Å². The van der Waals surface area contributed by atoms with E-state index in [0.29, 0.717) is 12.5 Å². The van der Waals surface area contributed by atoms with Gasteiger partial charge in [0.1, 0.15) is 0 Å². The fourth-order valence-corrected chi connectivity index (χ4v) is 2.53. The van der Waals surface area contributed by atoms with E-state index in [4.69, 9.17) is 5.11 Å². The lowest BCUT2D eigenvalue weighted by molar-refractivity contribution is -0.139. The zero-order valence-corrected chi connectivity index (χ0v) is 11.0. The minimum absolute atomic E-state index is 0.176. The molecule has 2 fully saturated rings. The Hall–Kier alpha value is -1.10. The van der Waals surface area contributed by atoms with E-state index in [1.807, 2.05) is 11.8 Å². The first-order valence-electron chi connectivity index (χ1n) is 6.81. The van der Waals surface area contributed by atoms with Gasteiger partial charge in [-0.15, -0.1) is 0 Å². The molecule has 1 saturated carbocycles. The Morgan fingerprint density at radius 3 is 2.33 bits per heavy atom. The fraction of sp³-hybridized carbons (Fsp3) is 0.846. The molecular weight excluding hydrogens is 232 g/mol. The van der Waals surface area contributed by atoms with Gasteiger partial charge in [-0.25, -0.2) is 0 Å². The molecule has 2 aliphatic rings. The van der Waals surface area contributed by atoms with Crippen LogP contribution in [0.4, 0.5) is 0 Å². The van der Waals surface area contributed by atoms with E-state index in [2.05, 4.69) is 4.90 Å². The quantitative estimate of drug-likeness (QED) is 0.782. The summed E-state index contributed by atoms with van der Waals surface area (Å²) < 4.78 is 0. The Bertz CT molecular complexity index is 320. The van der Waals surface area contributed by atoms with Gasteiger partial charge >= 0.3 is 5.97 Å². The van der Waals surface area contributed by atoms with E-state index in [1.54, 1.807) is 0 Å². The number of hydrogen-bond acceptors (Lipinski definition) is 3. The van der Waals surface area contributed by atoms with E-state index in [-0.39, 0.29) is 18.2 Å². The van der Waals surface area contributed by atoms with Crippen LogP contribution in [0.25, 0.3) is 0 Å². The largest absolute Gasteiger partial charge is 0.481 e. The summed E-state index contributed by atoms with van der Waals surface area (Å²) in [5.74, 6) is 0.323. The number of nitrogens with zero attached hydrogens (tertiary/aromatic N) is 2. The molecule has 18 heavy (non-hydrogen) atoms. The third-order valence-electron chi connectivity index (χ3n) is 4.04. The number of hydrogen-bond donors (Lipinski definition) is 1. The maximum Gasteiger partial charge on any atom is 0.304 e. The Morgan fingerprint density at radius 2 is 1.83 bits per heavy atom. The number of carboxylic acids is 1. The molecule has 1 aliphatic carbocycles. The minimum atomic E-state index is -0.754. The summed E-state index contributed by atoms with van der Waals surface area (Å²) in [6, 6.07) is 0. The minimum Gasteiger partial charge on any atom is -0.481 e. The van der Waals surface area contributed by atoms with Crippen molar-refractivity contribution in [3.63, 3.8) is 0 Å². The topological polar surface area (TPSA) is 60.9 Å². The van der Waals surface area contributed by atoms with Crippen molar-refractivity contribution in [2.75, 3.05) is 32.7 Å². The second-order valence-corrected chi connectivity index (χ2v) is 5.44. The van der Waals surface area contributed by atoms with Crippen LogP contribution in [0.5, 0.6) is 0 Å². The highest BCUT2D eigenvalue weighted by atomic mass is 16.4. The van der Waals surface area contributed by atoms with Gasteiger partial charge in [-0.05, 0) is 18.8 Å². The second-order valence-electron chi connectivity index (χ2n) is 5.44. The molecule has 1 unspecified atom stereocenters. The first-order chi connectivity index (χ1) is 8.58. The zero-order chi connectivity index (χ0) is 13.1. The average Bonchev–Trinajstić information content (AvgIpc) is 3.19. The smallest absolute Gasteiger partial charge is 0.304 e. The predicted molar refractivity (Wildman–Crippen MR) is 67.2 cm³/mol. The normalized spacial score (nSPS) is 22.8. The number of carbonyl (C=O) groups excluding carboxylic acids is 1. The highest BCUT2D eigenvalue weighted by Crippen LogP contribution is 2.37. The highest BCUT2D eigenvalue weighted by Gasteiger charge is 2.35. The molecule has 1 atom stereocenters. The summed E-state index contributed by atoms with van der Waals surface area (Å²) in [5, 5.41) is 8.63. The molecule has 0 aromatic heterocycles. The summed E-state index contributed by atoms with van der Waals surface area (Å²) in [5.41, 5.74) is 0. The van der Waals surface area contributed by atoms with Crippen molar-refractivity contribution < 1.29 is 14.7 Å². The SMILES string of the molecule is CC(C(=O)N1CCN(CCC(=O)O)CC1)C1CC1. The van der Waals surface area contributed by atoms with Crippen LogP contribution >= 0.6 is 0 Å². The molecule has 1 aliphatic heterocycles. The molecule has 2 rings (SSSR count). The van der Waals surface area contributed by atoms with Crippen LogP contribution < -0.4 is 0 Å². The number of carbonyl (C=O) groups is 2. The lowest BCUT2D eigenvalue weighted by Gasteiger charge is -2.35. The van der Waals surface area contributed by atoms with Crippen molar-refractivity contribution in [3.05, 3.63) is 0 Å². The molecule has 5 nitrogen and oxygen atoms in total. The number of rotatable bonds is 5. The van der Waals surface area contributed by atoms with Crippen LogP contribution in [-0.2, 0) is 9.59 Å². The first-order valence-corrected chi connectivity index (χ1v) is 6.81. The van der Waals surface area contributed by atoms with Crippen LogP contribution in [0.2, 0.25) is 0 Å². The predicted octanol–water partition coefficient (Wildman–Crippen LogP) is 0.651. The molecule has 0 radical (unpaired) electrons. The number of aliphatic carboxylic acids is 1. The van der Waals surface area contributed by atoms with Gasteiger partial charge in [0.05, 0.1) is 6.42 Å². The van der Waals surface area contributed by atoms with Crippen molar-refractivity contribution in [2.24, 2.45) is 11.8 Å². The summed E-state index contributed by atoms with van der Waals surface area (Å²) in [7, 11) is 0. The van der Waals surface area contributed by atoms with Crippen LogP contribution in [-0.4, -0.2) is 59.5 Å². The highest BCUT2D eigenvalue weighted by molar-refractivity contribution is 5.79. The monoisotopic (exact) mass is 254 g/mol.